The van der Waals surface area contributed by atoms with E-state index in [1.54, 1.807) is 0 Å². The quantitative estimate of drug-likeness (QED) is 0.675. The van der Waals surface area contributed by atoms with Crippen LogP contribution < -0.4 is 10.1 Å². The third-order valence-corrected chi connectivity index (χ3v) is 5.94. The number of carbonyl (C=O) groups is 1. The Hall–Kier alpha value is -2.02. The Labute approximate surface area is 171 Å². The molecule has 0 saturated heterocycles. The molecule has 1 fully saturated rings. The summed E-state index contributed by atoms with van der Waals surface area (Å²) >= 11 is 1.44. The second-order valence-corrected chi connectivity index (χ2v) is 8.39. The number of rotatable bonds is 8. The van der Waals surface area contributed by atoms with Gasteiger partial charge in [0.2, 0.25) is 5.91 Å². The minimum Gasteiger partial charge on any atom is -0.486 e. The number of aryl methyl sites for hydroxylation is 2. The summed E-state index contributed by atoms with van der Waals surface area (Å²) in [6.45, 7) is 7.27. The predicted octanol–water partition coefficient (Wildman–Crippen LogP) is 4.03. The topological polar surface area (TPSA) is 69.0 Å². The molecular weight excluding hydrogens is 372 g/mol. The van der Waals surface area contributed by atoms with Gasteiger partial charge in [-0.15, -0.1) is 10.2 Å². The smallest absolute Gasteiger partial charge is 0.230 e. The van der Waals surface area contributed by atoms with E-state index in [0.717, 1.165) is 36.1 Å². The Kier molecular flexibility index (Phi) is 7.36. The largest absolute Gasteiger partial charge is 0.486 e. The lowest BCUT2D eigenvalue weighted by Gasteiger charge is -2.22. The van der Waals surface area contributed by atoms with Crippen LogP contribution in [-0.4, -0.2) is 32.5 Å². The maximum Gasteiger partial charge on any atom is 0.230 e. The summed E-state index contributed by atoms with van der Waals surface area (Å²) in [5.41, 5.74) is 2.35. The van der Waals surface area contributed by atoms with Crippen molar-refractivity contribution in [3.05, 3.63) is 35.2 Å². The van der Waals surface area contributed by atoms with Gasteiger partial charge in [0.1, 0.15) is 12.4 Å². The Morgan fingerprint density at radius 1 is 1.18 bits per heavy atom. The van der Waals surface area contributed by atoms with Crippen LogP contribution in [0.2, 0.25) is 0 Å². The van der Waals surface area contributed by atoms with Gasteiger partial charge in [-0.05, 0) is 56.9 Å². The van der Waals surface area contributed by atoms with E-state index in [4.69, 9.17) is 4.74 Å². The number of aromatic nitrogens is 3. The molecule has 7 heteroatoms. The molecule has 1 aliphatic rings. The molecule has 0 aliphatic heterocycles. The van der Waals surface area contributed by atoms with Crippen molar-refractivity contribution in [3.63, 3.8) is 0 Å². The number of nitrogens with one attached hydrogen (secondary N) is 1. The van der Waals surface area contributed by atoms with Gasteiger partial charge in [-0.25, -0.2) is 0 Å². The lowest BCUT2D eigenvalue weighted by Crippen LogP contribution is -2.37. The van der Waals surface area contributed by atoms with Crippen LogP contribution in [0.3, 0.4) is 0 Å². The van der Waals surface area contributed by atoms with Gasteiger partial charge in [-0.1, -0.05) is 37.1 Å². The van der Waals surface area contributed by atoms with Crippen LogP contribution in [0.1, 0.15) is 56.0 Å². The molecule has 1 heterocycles. The highest BCUT2D eigenvalue weighted by molar-refractivity contribution is 7.99. The first kappa shape index (κ1) is 20.7. The number of nitrogens with zero attached hydrogens (tertiary/aromatic N) is 3. The molecule has 28 heavy (non-hydrogen) atoms. The summed E-state index contributed by atoms with van der Waals surface area (Å²) < 4.78 is 7.94. The summed E-state index contributed by atoms with van der Waals surface area (Å²) in [5.74, 6) is 2.06. The van der Waals surface area contributed by atoms with Crippen molar-refractivity contribution in [2.24, 2.45) is 0 Å². The number of hydrogen-bond acceptors (Lipinski definition) is 5. The van der Waals surface area contributed by atoms with Crippen molar-refractivity contribution in [2.75, 3.05) is 5.75 Å². The van der Waals surface area contributed by atoms with Crippen LogP contribution in [0.5, 0.6) is 5.75 Å². The molecule has 1 aromatic carbocycles. The Morgan fingerprint density at radius 2 is 1.89 bits per heavy atom. The fourth-order valence-corrected chi connectivity index (χ4v) is 4.49. The number of ether oxygens (including phenoxy) is 1. The van der Waals surface area contributed by atoms with Crippen molar-refractivity contribution >= 4 is 17.7 Å². The van der Waals surface area contributed by atoms with E-state index in [0.29, 0.717) is 18.4 Å². The molecule has 2 aromatic rings. The van der Waals surface area contributed by atoms with Crippen LogP contribution in [0.4, 0.5) is 0 Å². The molecule has 152 valence electrons. The molecule has 0 radical (unpaired) electrons. The molecule has 0 atom stereocenters. The zero-order valence-electron chi connectivity index (χ0n) is 17.0. The van der Waals surface area contributed by atoms with E-state index in [1.807, 2.05) is 16.7 Å². The monoisotopic (exact) mass is 402 g/mol. The zero-order chi connectivity index (χ0) is 19.9. The standard InChI is InChI=1S/C21H30N4O2S/c1-4-25-19(13-27-18-11-15(2)10-16(3)12-18)23-24-21(25)28-14-20(26)22-17-8-6-5-7-9-17/h10-12,17H,4-9,13-14H2,1-3H3,(H,22,26). The molecule has 1 aromatic heterocycles. The van der Waals surface area contributed by atoms with Crippen LogP contribution in [0.25, 0.3) is 0 Å². The lowest BCUT2D eigenvalue weighted by molar-refractivity contribution is -0.119. The number of amides is 1. The minimum absolute atomic E-state index is 0.0792. The SMILES string of the molecule is CCn1c(COc2cc(C)cc(C)c2)nnc1SCC(=O)NC1CCCCC1. The van der Waals surface area contributed by atoms with Gasteiger partial charge in [0, 0.05) is 12.6 Å². The molecule has 0 bridgehead atoms. The van der Waals surface area contributed by atoms with Crippen LogP contribution in [0, 0.1) is 13.8 Å². The van der Waals surface area contributed by atoms with Gasteiger partial charge in [-0.2, -0.15) is 0 Å². The normalized spacial score (nSPS) is 14.8. The summed E-state index contributed by atoms with van der Waals surface area (Å²) in [6, 6.07) is 6.50. The maximum atomic E-state index is 12.3. The molecular formula is C21H30N4O2S. The Bertz CT molecular complexity index is 779. The predicted molar refractivity (Wildman–Crippen MR) is 112 cm³/mol. The van der Waals surface area contributed by atoms with Gasteiger partial charge in [0.25, 0.3) is 0 Å². The molecule has 1 aliphatic carbocycles. The van der Waals surface area contributed by atoms with E-state index in [9.17, 15) is 4.79 Å². The van der Waals surface area contributed by atoms with Crippen molar-refractivity contribution in [1.29, 1.82) is 0 Å². The van der Waals surface area contributed by atoms with Gasteiger partial charge >= 0.3 is 0 Å². The number of carbonyl (C=O) groups excluding carboxylic acids is 1. The molecule has 3 rings (SSSR count). The van der Waals surface area contributed by atoms with Gasteiger partial charge < -0.3 is 14.6 Å². The van der Waals surface area contributed by atoms with Crippen LogP contribution in [0.15, 0.2) is 23.4 Å². The second-order valence-electron chi connectivity index (χ2n) is 7.45. The van der Waals surface area contributed by atoms with Gasteiger partial charge in [0.15, 0.2) is 11.0 Å². The first-order valence-electron chi connectivity index (χ1n) is 10.1. The first-order chi connectivity index (χ1) is 13.5. The molecule has 0 spiro atoms. The number of thioether (sulfide) groups is 1. The minimum atomic E-state index is 0.0792. The zero-order valence-corrected chi connectivity index (χ0v) is 17.8. The van der Waals surface area contributed by atoms with Crippen LogP contribution >= 0.6 is 11.8 Å². The Morgan fingerprint density at radius 3 is 2.57 bits per heavy atom. The highest BCUT2D eigenvalue weighted by atomic mass is 32.2. The number of benzene rings is 1. The summed E-state index contributed by atoms with van der Waals surface area (Å²) in [5, 5.41) is 12.5. The van der Waals surface area contributed by atoms with E-state index in [2.05, 4.69) is 42.4 Å². The van der Waals surface area contributed by atoms with E-state index < -0.39 is 0 Å². The van der Waals surface area contributed by atoms with Crippen molar-refractivity contribution in [3.8, 4) is 5.75 Å². The first-order valence-corrected chi connectivity index (χ1v) is 11.1. The van der Waals surface area contributed by atoms with Crippen LogP contribution in [-0.2, 0) is 17.9 Å². The molecule has 6 nitrogen and oxygen atoms in total. The molecule has 0 unspecified atom stereocenters. The average Bonchev–Trinajstić information content (AvgIpc) is 3.06. The molecule has 1 saturated carbocycles. The lowest BCUT2D eigenvalue weighted by atomic mass is 9.95. The Balaban J connectivity index is 1.54. The molecule has 1 N–H and O–H groups in total. The third kappa shape index (κ3) is 5.74. The fourth-order valence-electron chi connectivity index (χ4n) is 3.66. The average molecular weight is 403 g/mol. The third-order valence-electron chi connectivity index (χ3n) is 4.98. The summed E-state index contributed by atoms with van der Waals surface area (Å²) in [6.07, 6.45) is 5.91. The summed E-state index contributed by atoms with van der Waals surface area (Å²) in [7, 11) is 0. The highest BCUT2D eigenvalue weighted by Gasteiger charge is 2.17. The van der Waals surface area contributed by atoms with Crippen molar-refractivity contribution in [2.45, 2.75) is 77.2 Å². The number of hydrogen-bond donors (Lipinski definition) is 1. The summed E-state index contributed by atoms with van der Waals surface area (Å²) in [4.78, 5) is 12.3. The van der Waals surface area contributed by atoms with E-state index in [1.165, 1.54) is 42.2 Å². The van der Waals surface area contributed by atoms with Crippen molar-refractivity contribution in [1.82, 2.24) is 20.1 Å². The van der Waals surface area contributed by atoms with E-state index in [-0.39, 0.29) is 5.91 Å². The fraction of sp³-hybridized carbons (Fsp3) is 0.571. The van der Waals surface area contributed by atoms with Gasteiger partial charge in [-0.3, -0.25) is 4.79 Å². The van der Waals surface area contributed by atoms with E-state index >= 15 is 0 Å². The molecule has 1 amide bonds. The highest BCUT2D eigenvalue weighted by Crippen LogP contribution is 2.21. The maximum absolute atomic E-state index is 12.3. The second kappa shape index (κ2) is 9.96. The van der Waals surface area contributed by atoms with Gasteiger partial charge in [0.05, 0.1) is 5.75 Å². The van der Waals surface area contributed by atoms with Crippen molar-refractivity contribution < 1.29 is 9.53 Å².